The molecule has 1 aromatic carbocycles. The molecule has 5 nitrogen and oxygen atoms in total. The molecule has 2 aliphatic heterocycles. The molecule has 100 valence electrons. The van der Waals surface area contributed by atoms with Crippen LogP contribution in [0.4, 0.5) is 5.69 Å². The van der Waals surface area contributed by atoms with Crippen molar-refractivity contribution in [1.82, 2.24) is 0 Å². The number of anilines is 1. The summed E-state index contributed by atoms with van der Waals surface area (Å²) in [5.74, 6) is -0.684. The highest BCUT2D eigenvalue weighted by molar-refractivity contribution is 5.95. The number of hydrogen-bond acceptors (Lipinski definition) is 3. The summed E-state index contributed by atoms with van der Waals surface area (Å²) in [6.45, 7) is 2.34. The minimum atomic E-state index is -0.853. The lowest BCUT2D eigenvalue weighted by molar-refractivity contribution is -0.141. The van der Waals surface area contributed by atoms with Crippen LogP contribution in [0.5, 0.6) is 5.75 Å². The monoisotopic (exact) mass is 261 g/mol. The van der Waals surface area contributed by atoms with Gasteiger partial charge < -0.3 is 14.7 Å². The maximum atomic E-state index is 11.8. The largest absolute Gasteiger partial charge is 0.493 e. The number of aliphatic carboxylic acids is 1. The van der Waals surface area contributed by atoms with Crippen LogP contribution in [0.2, 0.25) is 0 Å². The molecule has 1 unspecified atom stereocenters. The summed E-state index contributed by atoms with van der Waals surface area (Å²) >= 11 is 0. The summed E-state index contributed by atoms with van der Waals surface area (Å²) in [4.78, 5) is 24.6. The standard InChI is InChI=1S/C14H15NO4/c1-8(16)15-7-10(14(17)18)6-9-2-3-12-11(13(9)15)4-5-19-12/h2-3,10H,4-7H2,1H3,(H,17,18). The highest BCUT2D eigenvalue weighted by atomic mass is 16.5. The van der Waals surface area contributed by atoms with Gasteiger partial charge in [0.15, 0.2) is 0 Å². The number of carboxylic acids is 1. The van der Waals surface area contributed by atoms with Gasteiger partial charge in [-0.1, -0.05) is 6.07 Å². The number of hydrogen-bond donors (Lipinski definition) is 1. The van der Waals surface area contributed by atoms with Crippen LogP contribution in [-0.4, -0.2) is 30.1 Å². The van der Waals surface area contributed by atoms with Gasteiger partial charge in [-0.25, -0.2) is 0 Å². The summed E-state index contributed by atoms with van der Waals surface area (Å²) in [7, 11) is 0. The third-order valence-corrected chi connectivity index (χ3v) is 3.80. The zero-order valence-corrected chi connectivity index (χ0v) is 10.7. The molecule has 0 spiro atoms. The average Bonchev–Trinajstić information content (AvgIpc) is 2.85. The van der Waals surface area contributed by atoms with Gasteiger partial charge in [-0.15, -0.1) is 0 Å². The van der Waals surface area contributed by atoms with Crippen molar-refractivity contribution in [3.63, 3.8) is 0 Å². The fraction of sp³-hybridized carbons (Fsp3) is 0.429. The normalized spacial score (nSPS) is 20.5. The fourth-order valence-corrected chi connectivity index (χ4v) is 2.90. The second-order valence-electron chi connectivity index (χ2n) is 5.02. The van der Waals surface area contributed by atoms with E-state index < -0.39 is 11.9 Å². The first-order chi connectivity index (χ1) is 9.08. The first kappa shape index (κ1) is 12.0. The molecule has 1 atom stereocenters. The molecule has 19 heavy (non-hydrogen) atoms. The molecule has 0 saturated heterocycles. The Morgan fingerprint density at radius 3 is 2.89 bits per heavy atom. The van der Waals surface area contributed by atoms with Gasteiger partial charge in [0, 0.05) is 25.5 Å². The Bertz CT molecular complexity index is 567. The van der Waals surface area contributed by atoms with E-state index in [0.29, 0.717) is 13.0 Å². The highest BCUT2D eigenvalue weighted by Crippen LogP contribution is 2.40. The maximum absolute atomic E-state index is 11.8. The lowest BCUT2D eigenvalue weighted by Crippen LogP contribution is -2.42. The molecule has 2 heterocycles. The molecular formula is C14H15NO4. The van der Waals surface area contributed by atoms with E-state index in [1.807, 2.05) is 12.1 Å². The Labute approximate surface area is 110 Å². The number of carboxylic acid groups (broad SMARTS) is 1. The molecule has 0 aromatic heterocycles. The van der Waals surface area contributed by atoms with E-state index in [-0.39, 0.29) is 12.5 Å². The third kappa shape index (κ3) is 1.85. The number of carbonyl (C=O) groups excluding carboxylic acids is 1. The average molecular weight is 261 g/mol. The molecular weight excluding hydrogens is 246 g/mol. The molecule has 3 rings (SSSR count). The Kier molecular flexibility index (Phi) is 2.69. The van der Waals surface area contributed by atoms with Gasteiger partial charge in [0.1, 0.15) is 5.75 Å². The molecule has 0 fully saturated rings. The van der Waals surface area contributed by atoms with Crippen LogP contribution in [0.3, 0.4) is 0 Å². The molecule has 0 saturated carbocycles. The molecule has 1 aromatic rings. The van der Waals surface area contributed by atoms with Crippen LogP contribution < -0.4 is 9.64 Å². The molecule has 1 N–H and O–H groups in total. The minimum absolute atomic E-state index is 0.118. The number of amides is 1. The summed E-state index contributed by atoms with van der Waals surface area (Å²) in [5, 5.41) is 9.19. The van der Waals surface area contributed by atoms with Crippen molar-refractivity contribution in [3.05, 3.63) is 23.3 Å². The summed E-state index contributed by atoms with van der Waals surface area (Å²) in [6, 6.07) is 3.76. The molecule has 1 amide bonds. The Morgan fingerprint density at radius 2 is 2.21 bits per heavy atom. The number of carbonyl (C=O) groups is 2. The summed E-state index contributed by atoms with van der Waals surface area (Å²) < 4.78 is 5.51. The number of nitrogens with zero attached hydrogens (tertiary/aromatic N) is 1. The first-order valence-electron chi connectivity index (χ1n) is 6.36. The van der Waals surface area contributed by atoms with Crippen molar-refractivity contribution in [2.45, 2.75) is 19.8 Å². The molecule has 0 radical (unpaired) electrons. The summed E-state index contributed by atoms with van der Waals surface area (Å²) in [5.41, 5.74) is 2.84. The quantitative estimate of drug-likeness (QED) is 0.825. The van der Waals surface area contributed by atoms with Gasteiger partial charge in [-0.05, 0) is 18.1 Å². The number of rotatable bonds is 1. The second-order valence-corrected chi connectivity index (χ2v) is 5.02. The van der Waals surface area contributed by atoms with E-state index in [4.69, 9.17) is 4.74 Å². The SMILES string of the molecule is CC(=O)N1CC(C(=O)O)Cc2ccc3c(c21)CCO3. The van der Waals surface area contributed by atoms with Crippen molar-refractivity contribution in [2.24, 2.45) is 5.92 Å². The van der Waals surface area contributed by atoms with Gasteiger partial charge in [-0.3, -0.25) is 9.59 Å². The lowest BCUT2D eigenvalue weighted by Gasteiger charge is -2.33. The third-order valence-electron chi connectivity index (χ3n) is 3.80. The molecule has 0 aliphatic carbocycles. The topological polar surface area (TPSA) is 66.8 Å². The Balaban J connectivity index is 2.12. The summed E-state index contributed by atoms with van der Waals surface area (Å²) in [6.07, 6.45) is 1.25. The molecule has 0 bridgehead atoms. The van der Waals surface area contributed by atoms with Crippen molar-refractivity contribution in [3.8, 4) is 5.75 Å². The predicted octanol–water partition coefficient (Wildman–Crippen LogP) is 1.23. The van der Waals surface area contributed by atoms with Crippen LogP contribution in [0.1, 0.15) is 18.1 Å². The van der Waals surface area contributed by atoms with Crippen LogP contribution in [0, 0.1) is 5.92 Å². The zero-order chi connectivity index (χ0) is 13.6. The lowest BCUT2D eigenvalue weighted by atomic mass is 9.89. The van der Waals surface area contributed by atoms with Crippen molar-refractivity contribution >= 4 is 17.6 Å². The van der Waals surface area contributed by atoms with E-state index in [0.717, 1.165) is 29.0 Å². The van der Waals surface area contributed by atoms with Crippen LogP contribution in [-0.2, 0) is 22.4 Å². The van der Waals surface area contributed by atoms with E-state index in [9.17, 15) is 14.7 Å². The van der Waals surface area contributed by atoms with E-state index in [1.54, 1.807) is 4.90 Å². The fourth-order valence-electron chi connectivity index (χ4n) is 2.90. The van der Waals surface area contributed by atoms with Crippen LogP contribution in [0.25, 0.3) is 0 Å². The number of fused-ring (bicyclic) bond motifs is 3. The zero-order valence-electron chi connectivity index (χ0n) is 10.7. The van der Waals surface area contributed by atoms with E-state index in [1.165, 1.54) is 6.92 Å². The Morgan fingerprint density at radius 1 is 1.42 bits per heavy atom. The smallest absolute Gasteiger partial charge is 0.308 e. The molecule has 5 heteroatoms. The van der Waals surface area contributed by atoms with Crippen LogP contribution in [0.15, 0.2) is 12.1 Å². The van der Waals surface area contributed by atoms with Crippen LogP contribution >= 0.6 is 0 Å². The van der Waals surface area contributed by atoms with E-state index >= 15 is 0 Å². The van der Waals surface area contributed by atoms with Gasteiger partial charge in [0.2, 0.25) is 5.91 Å². The highest BCUT2D eigenvalue weighted by Gasteiger charge is 2.34. The molecule has 2 aliphatic rings. The van der Waals surface area contributed by atoms with Crippen molar-refractivity contribution in [2.75, 3.05) is 18.1 Å². The van der Waals surface area contributed by atoms with Crippen molar-refractivity contribution < 1.29 is 19.4 Å². The van der Waals surface area contributed by atoms with E-state index in [2.05, 4.69) is 0 Å². The first-order valence-corrected chi connectivity index (χ1v) is 6.36. The van der Waals surface area contributed by atoms with Gasteiger partial charge in [0.25, 0.3) is 0 Å². The Hall–Kier alpha value is -2.04. The van der Waals surface area contributed by atoms with Gasteiger partial charge in [-0.2, -0.15) is 0 Å². The van der Waals surface area contributed by atoms with Crippen molar-refractivity contribution in [1.29, 1.82) is 0 Å². The maximum Gasteiger partial charge on any atom is 0.308 e. The second kappa shape index (κ2) is 4.26. The minimum Gasteiger partial charge on any atom is -0.493 e. The number of ether oxygens (including phenoxy) is 1. The van der Waals surface area contributed by atoms with Gasteiger partial charge in [0.05, 0.1) is 18.2 Å². The predicted molar refractivity (Wildman–Crippen MR) is 68.5 cm³/mol. The number of benzene rings is 1. The van der Waals surface area contributed by atoms with Gasteiger partial charge >= 0.3 is 5.97 Å².